The van der Waals surface area contributed by atoms with Gasteiger partial charge in [-0.1, -0.05) is 0 Å². The van der Waals surface area contributed by atoms with Crippen LogP contribution in [0.1, 0.15) is 16.7 Å². The Kier molecular flexibility index (Phi) is 4.93. The van der Waals surface area contributed by atoms with E-state index in [1.54, 1.807) is 12.1 Å². The van der Waals surface area contributed by atoms with Gasteiger partial charge < -0.3 is 9.84 Å². The number of benzene rings is 1. The molecule has 0 aliphatic carbocycles. The van der Waals surface area contributed by atoms with E-state index in [1.165, 1.54) is 10.9 Å². The third kappa shape index (κ3) is 4.05. The highest BCUT2D eigenvalue weighted by atomic mass is 16.6. The van der Waals surface area contributed by atoms with Gasteiger partial charge in [0.05, 0.1) is 23.1 Å². The molecule has 0 saturated carbocycles. The first kappa shape index (κ1) is 16.5. The SMILES string of the molecule is Cc1cc(C#N)cc(C)c1OCC(O)Cn1cc([N+](=O)[O-])cn1. The number of aryl methyl sites for hydroxylation is 2. The summed E-state index contributed by atoms with van der Waals surface area (Å²) in [6.07, 6.45) is 1.51. The van der Waals surface area contributed by atoms with Gasteiger partial charge >= 0.3 is 5.69 Å². The lowest BCUT2D eigenvalue weighted by molar-refractivity contribution is -0.385. The highest BCUT2D eigenvalue weighted by Gasteiger charge is 2.14. The first-order chi connectivity index (χ1) is 10.9. The van der Waals surface area contributed by atoms with E-state index in [-0.39, 0.29) is 18.8 Å². The van der Waals surface area contributed by atoms with Crippen LogP contribution >= 0.6 is 0 Å². The standard InChI is InChI=1S/C15H16N4O4/c1-10-3-12(5-16)4-11(2)15(10)23-9-14(20)8-18-7-13(6-17-18)19(21)22/h3-4,6-7,14,20H,8-9H2,1-2H3. The molecule has 0 amide bonds. The van der Waals surface area contributed by atoms with Gasteiger partial charge in [-0.3, -0.25) is 14.8 Å². The Morgan fingerprint density at radius 3 is 2.65 bits per heavy atom. The largest absolute Gasteiger partial charge is 0.490 e. The number of rotatable bonds is 6. The van der Waals surface area contributed by atoms with Crippen LogP contribution in [0, 0.1) is 35.3 Å². The molecule has 1 atom stereocenters. The molecule has 0 aliphatic rings. The molecule has 120 valence electrons. The van der Waals surface area contributed by atoms with Crippen molar-refractivity contribution in [1.82, 2.24) is 9.78 Å². The number of aliphatic hydroxyl groups excluding tert-OH is 1. The van der Waals surface area contributed by atoms with Crippen molar-refractivity contribution in [2.24, 2.45) is 0 Å². The molecule has 1 aromatic carbocycles. The molecular formula is C15H16N4O4. The van der Waals surface area contributed by atoms with Crippen LogP contribution in [-0.2, 0) is 6.54 Å². The predicted octanol–water partition coefficient (Wildman–Crippen LogP) is 1.72. The van der Waals surface area contributed by atoms with Crippen LogP contribution in [0.5, 0.6) is 5.75 Å². The van der Waals surface area contributed by atoms with Crippen molar-refractivity contribution >= 4 is 5.69 Å². The van der Waals surface area contributed by atoms with Gasteiger partial charge in [0, 0.05) is 0 Å². The number of aromatic nitrogens is 2. The van der Waals surface area contributed by atoms with Gasteiger partial charge in [0.1, 0.15) is 30.9 Å². The predicted molar refractivity (Wildman–Crippen MR) is 81.0 cm³/mol. The summed E-state index contributed by atoms with van der Waals surface area (Å²) in [5, 5.41) is 33.3. The molecule has 0 saturated heterocycles. The van der Waals surface area contributed by atoms with E-state index in [2.05, 4.69) is 11.2 Å². The zero-order chi connectivity index (χ0) is 17.0. The summed E-state index contributed by atoms with van der Waals surface area (Å²) in [5.74, 6) is 0.620. The molecule has 1 aromatic heterocycles. The summed E-state index contributed by atoms with van der Waals surface area (Å²) in [6.45, 7) is 3.75. The summed E-state index contributed by atoms with van der Waals surface area (Å²) >= 11 is 0. The number of nitro groups is 1. The zero-order valence-electron chi connectivity index (χ0n) is 12.8. The van der Waals surface area contributed by atoms with Gasteiger partial charge in [-0.15, -0.1) is 0 Å². The Labute approximate surface area is 132 Å². The van der Waals surface area contributed by atoms with Gasteiger partial charge in [-0.2, -0.15) is 10.4 Å². The zero-order valence-corrected chi connectivity index (χ0v) is 12.8. The summed E-state index contributed by atoms with van der Waals surface area (Å²) in [6, 6.07) is 5.50. The minimum Gasteiger partial charge on any atom is -0.490 e. The molecule has 0 fully saturated rings. The molecule has 8 heteroatoms. The fraction of sp³-hybridized carbons (Fsp3) is 0.333. The van der Waals surface area contributed by atoms with Crippen molar-refractivity contribution in [3.8, 4) is 11.8 Å². The Morgan fingerprint density at radius 1 is 1.48 bits per heavy atom. The summed E-state index contributed by atoms with van der Waals surface area (Å²) in [7, 11) is 0. The first-order valence-electron chi connectivity index (χ1n) is 6.89. The van der Waals surface area contributed by atoms with Crippen molar-refractivity contribution < 1.29 is 14.8 Å². The first-order valence-corrected chi connectivity index (χ1v) is 6.89. The maximum absolute atomic E-state index is 10.6. The fourth-order valence-corrected chi connectivity index (χ4v) is 2.24. The lowest BCUT2D eigenvalue weighted by atomic mass is 10.1. The number of hydrogen-bond donors (Lipinski definition) is 1. The van der Waals surface area contributed by atoms with Gasteiger partial charge in [0.25, 0.3) is 0 Å². The van der Waals surface area contributed by atoms with Gasteiger partial charge in [-0.25, -0.2) is 0 Å². The molecule has 23 heavy (non-hydrogen) atoms. The normalized spacial score (nSPS) is 11.7. The monoisotopic (exact) mass is 316 g/mol. The number of aliphatic hydroxyl groups is 1. The minimum atomic E-state index is -0.871. The fourth-order valence-electron chi connectivity index (χ4n) is 2.24. The lowest BCUT2D eigenvalue weighted by Gasteiger charge is -2.16. The van der Waals surface area contributed by atoms with E-state index < -0.39 is 11.0 Å². The van der Waals surface area contributed by atoms with Gasteiger partial charge in [-0.05, 0) is 37.1 Å². The molecular weight excluding hydrogens is 300 g/mol. The lowest BCUT2D eigenvalue weighted by Crippen LogP contribution is -2.24. The Morgan fingerprint density at radius 2 is 2.13 bits per heavy atom. The number of hydrogen-bond acceptors (Lipinski definition) is 6. The van der Waals surface area contributed by atoms with Crippen LogP contribution in [0.15, 0.2) is 24.5 Å². The van der Waals surface area contributed by atoms with Crippen LogP contribution in [-0.4, -0.2) is 32.5 Å². The molecule has 1 N–H and O–H groups in total. The molecule has 1 heterocycles. The number of nitriles is 1. The van der Waals surface area contributed by atoms with Crippen LogP contribution in [0.3, 0.4) is 0 Å². The quantitative estimate of drug-likeness (QED) is 0.641. The van der Waals surface area contributed by atoms with Crippen molar-refractivity contribution in [2.75, 3.05) is 6.61 Å². The topological polar surface area (TPSA) is 114 Å². The maximum Gasteiger partial charge on any atom is 0.306 e. The Hall–Kier alpha value is -2.92. The molecule has 1 unspecified atom stereocenters. The second kappa shape index (κ2) is 6.89. The van der Waals surface area contributed by atoms with E-state index in [1.807, 2.05) is 13.8 Å². The Balaban J connectivity index is 1.98. The second-order valence-corrected chi connectivity index (χ2v) is 5.19. The van der Waals surface area contributed by atoms with E-state index in [9.17, 15) is 15.2 Å². The van der Waals surface area contributed by atoms with Crippen molar-refractivity contribution in [2.45, 2.75) is 26.5 Å². The molecule has 0 spiro atoms. The van der Waals surface area contributed by atoms with Crippen LogP contribution in [0.2, 0.25) is 0 Å². The summed E-state index contributed by atoms with van der Waals surface area (Å²) in [5.41, 5.74) is 2.04. The average molecular weight is 316 g/mol. The van der Waals surface area contributed by atoms with E-state index >= 15 is 0 Å². The highest BCUT2D eigenvalue weighted by molar-refractivity contribution is 5.47. The molecule has 0 bridgehead atoms. The molecule has 2 aromatic rings. The van der Waals surface area contributed by atoms with Crippen molar-refractivity contribution in [3.05, 3.63) is 51.3 Å². The summed E-state index contributed by atoms with van der Waals surface area (Å²) < 4.78 is 6.92. The van der Waals surface area contributed by atoms with Crippen LogP contribution in [0.4, 0.5) is 5.69 Å². The molecule has 8 nitrogen and oxygen atoms in total. The smallest absolute Gasteiger partial charge is 0.306 e. The van der Waals surface area contributed by atoms with Crippen LogP contribution < -0.4 is 4.74 Å². The third-order valence-corrected chi connectivity index (χ3v) is 3.24. The van der Waals surface area contributed by atoms with Crippen molar-refractivity contribution in [1.29, 1.82) is 5.26 Å². The van der Waals surface area contributed by atoms with Crippen molar-refractivity contribution in [3.63, 3.8) is 0 Å². The van der Waals surface area contributed by atoms with E-state index in [0.29, 0.717) is 11.3 Å². The average Bonchev–Trinajstić information content (AvgIpc) is 2.94. The molecule has 2 rings (SSSR count). The van der Waals surface area contributed by atoms with E-state index in [4.69, 9.17) is 10.00 Å². The highest BCUT2D eigenvalue weighted by Crippen LogP contribution is 2.24. The van der Waals surface area contributed by atoms with Crippen LogP contribution in [0.25, 0.3) is 0 Å². The number of ether oxygens (including phenoxy) is 1. The van der Waals surface area contributed by atoms with Gasteiger partial charge in [0.15, 0.2) is 0 Å². The van der Waals surface area contributed by atoms with Gasteiger partial charge in [0.2, 0.25) is 0 Å². The molecule has 0 radical (unpaired) electrons. The van der Waals surface area contributed by atoms with E-state index in [0.717, 1.165) is 17.3 Å². The number of nitrogens with zero attached hydrogens (tertiary/aromatic N) is 4. The second-order valence-electron chi connectivity index (χ2n) is 5.19. The third-order valence-electron chi connectivity index (χ3n) is 3.24. The maximum atomic E-state index is 10.6. The Bertz CT molecular complexity index is 740. The molecule has 0 aliphatic heterocycles. The minimum absolute atomic E-state index is 0.0151. The summed E-state index contributed by atoms with van der Waals surface area (Å²) in [4.78, 5) is 10.0.